The van der Waals surface area contributed by atoms with Crippen LogP contribution in [0.25, 0.3) is 39.3 Å². The maximum atomic E-state index is 13.6. The van der Waals surface area contributed by atoms with E-state index in [4.69, 9.17) is 10.2 Å². The van der Waals surface area contributed by atoms with Gasteiger partial charge in [0.2, 0.25) is 0 Å². The van der Waals surface area contributed by atoms with Crippen LogP contribution in [0.4, 0.5) is 10.2 Å². The molecule has 0 atom stereocenters. The molecule has 3 N–H and O–H groups in total. The first-order chi connectivity index (χ1) is 18.4. The number of aromatic carboxylic acids is 1. The number of carboxylic acid groups (broad SMARTS) is 1. The lowest BCUT2D eigenvalue weighted by molar-refractivity contribution is -0.114. The smallest absolute Gasteiger partial charge is 0.335 e. The van der Waals surface area contributed by atoms with E-state index in [2.05, 4.69) is 4.98 Å². The van der Waals surface area contributed by atoms with E-state index in [9.17, 15) is 19.1 Å². The topological polar surface area (TPSA) is 106 Å². The summed E-state index contributed by atoms with van der Waals surface area (Å²) >= 11 is 0. The minimum absolute atomic E-state index is 0.0553. The Bertz CT molecular complexity index is 1650. The van der Waals surface area contributed by atoms with Crippen molar-refractivity contribution in [2.75, 3.05) is 5.73 Å². The third-order valence-electron chi connectivity index (χ3n) is 6.18. The second kappa shape index (κ2) is 10.5. The van der Waals surface area contributed by atoms with Gasteiger partial charge in [-0.3, -0.25) is 4.79 Å². The van der Waals surface area contributed by atoms with E-state index < -0.39 is 5.97 Å². The van der Waals surface area contributed by atoms with Crippen molar-refractivity contribution in [3.05, 3.63) is 114 Å². The Morgan fingerprint density at radius 3 is 2.34 bits per heavy atom. The zero-order chi connectivity index (χ0) is 26.6. The van der Waals surface area contributed by atoms with Crippen LogP contribution in [-0.2, 0) is 11.2 Å². The molecule has 0 aliphatic carbocycles. The van der Waals surface area contributed by atoms with Crippen LogP contribution in [0.5, 0.6) is 0 Å². The number of benzene rings is 3. The van der Waals surface area contributed by atoms with Crippen molar-refractivity contribution < 1.29 is 23.5 Å². The molecule has 0 aliphatic rings. The predicted octanol–water partition coefficient (Wildman–Crippen LogP) is 6.80. The molecule has 5 aromatic rings. The normalized spacial score (nSPS) is 11.3. The summed E-state index contributed by atoms with van der Waals surface area (Å²) in [6.07, 6.45) is 5.47. The molecule has 5 rings (SSSR count). The number of nitrogen functional groups attached to an aromatic ring is 1. The van der Waals surface area contributed by atoms with Gasteiger partial charge in [0, 0.05) is 30.0 Å². The van der Waals surface area contributed by atoms with Crippen molar-refractivity contribution in [1.82, 2.24) is 4.98 Å². The maximum absolute atomic E-state index is 13.6. The van der Waals surface area contributed by atoms with E-state index in [-0.39, 0.29) is 23.6 Å². The molecule has 2 aromatic heterocycles. The molecule has 0 amide bonds. The second-order valence-electron chi connectivity index (χ2n) is 8.86. The summed E-state index contributed by atoms with van der Waals surface area (Å²) in [7, 11) is 0. The molecule has 0 saturated carbocycles. The Labute approximate surface area is 217 Å². The molecular weight excluding hydrogens is 483 g/mol. The van der Waals surface area contributed by atoms with E-state index in [1.54, 1.807) is 60.8 Å². The van der Waals surface area contributed by atoms with E-state index in [1.165, 1.54) is 18.2 Å². The number of nitrogens with two attached hydrogens (primary N) is 1. The average molecular weight is 507 g/mol. The number of rotatable bonds is 8. The number of hydrogen-bond acceptors (Lipinski definition) is 5. The highest BCUT2D eigenvalue weighted by atomic mass is 19.1. The molecule has 0 spiro atoms. The fourth-order valence-corrected chi connectivity index (χ4v) is 4.18. The number of carboxylic acids is 1. The first kappa shape index (κ1) is 24.6. The largest absolute Gasteiger partial charge is 0.478 e. The Morgan fingerprint density at radius 2 is 1.66 bits per heavy atom. The van der Waals surface area contributed by atoms with Gasteiger partial charge in [-0.05, 0) is 89.0 Å². The summed E-state index contributed by atoms with van der Waals surface area (Å²) in [6.45, 7) is 0. The van der Waals surface area contributed by atoms with Crippen LogP contribution in [0, 0.1) is 5.82 Å². The van der Waals surface area contributed by atoms with Crippen LogP contribution in [0.2, 0.25) is 0 Å². The van der Waals surface area contributed by atoms with Crippen molar-refractivity contribution in [2.45, 2.75) is 12.8 Å². The van der Waals surface area contributed by atoms with Crippen molar-refractivity contribution in [3.63, 3.8) is 0 Å². The number of furan rings is 1. The van der Waals surface area contributed by atoms with Crippen LogP contribution in [-0.4, -0.2) is 21.8 Å². The SMILES string of the molecule is Nc1ccc(/C=C/C(=O)CCc2cc3cc(-c4ccc(C(=O)O)cc4)cc(-c4ccc(F)cc4)c3o2)cn1. The first-order valence-corrected chi connectivity index (χ1v) is 11.9. The van der Waals surface area contributed by atoms with Crippen LogP contribution in [0.1, 0.15) is 28.1 Å². The summed E-state index contributed by atoms with van der Waals surface area (Å²) in [4.78, 5) is 27.7. The van der Waals surface area contributed by atoms with Crippen LogP contribution in [0.15, 0.2) is 95.6 Å². The molecule has 0 aliphatic heterocycles. The monoisotopic (exact) mass is 506 g/mol. The Kier molecular flexibility index (Phi) is 6.82. The third kappa shape index (κ3) is 5.52. The van der Waals surface area contributed by atoms with Gasteiger partial charge in [-0.2, -0.15) is 0 Å². The standard InChI is InChI=1S/C31H23FN2O4/c32-25-9-7-21(8-10-25)28-17-23(20-3-5-22(6-4-20)31(36)37)15-24-16-27(38-30(24)28)13-12-26(35)11-1-19-2-14-29(33)34-18-19/h1-11,14-18H,12-13H2,(H2,33,34)(H,36,37)/b11-1+. The Hall–Kier alpha value is -5.04. The molecule has 0 fully saturated rings. The molecule has 6 nitrogen and oxygen atoms in total. The number of fused-ring (bicyclic) bond motifs is 1. The minimum atomic E-state index is -0.993. The molecule has 2 heterocycles. The molecule has 0 unspecified atom stereocenters. The van der Waals surface area contributed by atoms with Gasteiger partial charge in [0.1, 0.15) is 23.0 Å². The van der Waals surface area contributed by atoms with Gasteiger partial charge in [0.15, 0.2) is 5.78 Å². The fraction of sp³-hybridized carbons (Fsp3) is 0.0645. The summed E-state index contributed by atoms with van der Waals surface area (Å²) in [5.74, 6) is -0.323. The summed E-state index contributed by atoms with van der Waals surface area (Å²) < 4.78 is 19.8. The van der Waals surface area contributed by atoms with E-state index in [0.717, 1.165) is 33.2 Å². The maximum Gasteiger partial charge on any atom is 0.335 e. The molecule has 0 radical (unpaired) electrons. The zero-order valence-corrected chi connectivity index (χ0v) is 20.2. The lowest BCUT2D eigenvalue weighted by Gasteiger charge is -2.08. The molecule has 188 valence electrons. The summed E-state index contributed by atoms with van der Waals surface area (Å²) in [5.41, 5.74) is 10.4. The van der Waals surface area contributed by atoms with E-state index in [1.807, 2.05) is 18.2 Å². The number of carbonyl (C=O) groups excluding carboxylic acids is 1. The van der Waals surface area contributed by atoms with Gasteiger partial charge in [-0.25, -0.2) is 14.2 Å². The number of allylic oxidation sites excluding steroid dienone is 1. The highest BCUT2D eigenvalue weighted by Crippen LogP contribution is 2.36. The predicted molar refractivity (Wildman–Crippen MR) is 145 cm³/mol. The fourth-order valence-electron chi connectivity index (χ4n) is 4.18. The average Bonchev–Trinajstić information content (AvgIpc) is 3.35. The number of aromatic nitrogens is 1. The van der Waals surface area contributed by atoms with Gasteiger partial charge in [0.25, 0.3) is 0 Å². The number of halogens is 1. The Balaban J connectivity index is 1.44. The number of aryl methyl sites for hydroxylation is 1. The molecule has 0 bridgehead atoms. The van der Waals surface area contributed by atoms with Crippen LogP contribution < -0.4 is 5.73 Å². The van der Waals surface area contributed by atoms with Crippen molar-refractivity contribution in [1.29, 1.82) is 0 Å². The second-order valence-corrected chi connectivity index (χ2v) is 8.86. The number of hydrogen-bond donors (Lipinski definition) is 2. The number of carbonyl (C=O) groups is 2. The highest BCUT2D eigenvalue weighted by molar-refractivity contribution is 5.98. The van der Waals surface area contributed by atoms with E-state index in [0.29, 0.717) is 23.6 Å². The lowest BCUT2D eigenvalue weighted by Crippen LogP contribution is -1.95. The zero-order valence-electron chi connectivity index (χ0n) is 20.2. The number of nitrogens with zero attached hydrogens (tertiary/aromatic N) is 1. The quantitative estimate of drug-likeness (QED) is 0.224. The van der Waals surface area contributed by atoms with Gasteiger partial charge in [-0.1, -0.05) is 24.3 Å². The lowest BCUT2D eigenvalue weighted by atomic mass is 9.96. The molecule has 38 heavy (non-hydrogen) atoms. The minimum Gasteiger partial charge on any atom is -0.478 e. The van der Waals surface area contributed by atoms with Crippen LogP contribution >= 0.6 is 0 Å². The van der Waals surface area contributed by atoms with Crippen molar-refractivity contribution >= 4 is 34.6 Å². The summed E-state index contributed by atoms with van der Waals surface area (Å²) in [6, 6.07) is 22.0. The molecule has 3 aromatic carbocycles. The molecular formula is C31H23FN2O4. The van der Waals surface area contributed by atoms with Gasteiger partial charge >= 0.3 is 5.97 Å². The number of pyridine rings is 1. The van der Waals surface area contributed by atoms with Crippen molar-refractivity contribution in [3.8, 4) is 22.3 Å². The third-order valence-corrected chi connectivity index (χ3v) is 6.18. The summed E-state index contributed by atoms with van der Waals surface area (Å²) in [5, 5.41) is 10.0. The Morgan fingerprint density at radius 1 is 0.921 bits per heavy atom. The molecule has 0 saturated heterocycles. The molecule has 7 heteroatoms. The number of ketones is 1. The number of anilines is 1. The highest BCUT2D eigenvalue weighted by Gasteiger charge is 2.15. The van der Waals surface area contributed by atoms with Crippen molar-refractivity contribution in [2.24, 2.45) is 0 Å². The van der Waals surface area contributed by atoms with Crippen LogP contribution in [0.3, 0.4) is 0 Å². The van der Waals surface area contributed by atoms with Gasteiger partial charge in [0.05, 0.1) is 5.56 Å². The van der Waals surface area contributed by atoms with Gasteiger partial charge in [-0.15, -0.1) is 0 Å². The van der Waals surface area contributed by atoms with E-state index >= 15 is 0 Å². The first-order valence-electron chi connectivity index (χ1n) is 11.9. The van der Waals surface area contributed by atoms with Gasteiger partial charge < -0.3 is 15.3 Å².